The Kier molecular flexibility index (Phi) is 1.88. The highest BCUT2D eigenvalue weighted by Gasteiger charge is 2.11. The predicted molar refractivity (Wildman–Crippen MR) is 54.6 cm³/mol. The van der Waals surface area contributed by atoms with Crippen molar-refractivity contribution in [2.45, 2.75) is 13.8 Å². The van der Waals surface area contributed by atoms with Crippen molar-refractivity contribution in [1.29, 1.82) is 0 Å². The lowest BCUT2D eigenvalue weighted by atomic mass is 10.2. The predicted octanol–water partition coefficient (Wildman–Crippen LogP) is 2.81. The first-order valence-electron chi connectivity index (χ1n) is 4.40. The molecule has 0 atom stereocenters. The van der Waals surface area contributed by atoms with Gasteiger partial charge in [0, 0.05) is 6.20 Å². The second-order valence-corrected chi connectivity index (χ2v) is 3.38. The van der Waals surface area contributed by atoms with E-state index >= 15 is 0 Å². The molecule has 0 N–H and O–H groups in total. The third-order valence-corrected chi connectivity index (χ3v) is 2.18. The van der Waals surface area contributed by atoms with Gasteiger partial charge < -0.3 is 0 Å². The Hall–Kier alpha value is -1.64. The fourth-order valence-corrected chi connectivity index (χ4v) is 1.66. The molecule has 2 rings (SSSR count). The molecule has 2 aromatic rings. The summed E-state index contributed by atoms with van der Waals surface area (Å²) >= 11 is 0. The molecule has 0 saturated carbocycles. The number of hydrogen-bond donors (Lipinski definition) is 0. The number of aryl methyl sites for hydroxylation is 1. The Bertz CT molecular complexity index is 511. The van der Waals surface area contributed by atoms with Gasteiger partial charge in [-0.05, 0) is 31.6 Å². The van der Waals surface area contributed by atoms with Crippen LogP contribution in [0.15, 0.2) is 24.9 Å². The quantitative estimate of drug-likeness (QED) is 0.675. The van der Waals surface area contributed by atoms with E-state index in [-0.39, 0.29) is 5.82 Å². The van der Waals surface area contributed by atoms with Gasteiger partial charge in [0.25, 0.3) is 0 Å². The van der Waals surface area contributed by atoms with Crippen molar-refractivity contribution < 1.29 is 4.39 Å². The van der Waals surface area contributed by atoms with Gasteiger partial charge in [0.15, 0.2) is 11.5 Å². The zero-order valence-electron chi connectivity index (χ0n) is 8.21. The summed E-state index contributed by atoms with van der Waals surface area (Å²) in [5.74, 6) is -0.303. The molecule has 0 bridgehead atoms. The summed E-state index contributed by atoms with van der Waals surface area (Å²) in [4.78, 5) is 4.16. The fourth-order valence-electron chi connectivity index (χ4n) is 1.66. The summed E-state index contributed by atoms with van der Waals surface area (Å²) < 4.78 is 15.1. The van der Waals surface area contributed by atoms with Gasteiger partial charge in [-0.15, -0.1) is 0 Å². The van der Waals surface area contributed by atoms with Crippen molar-refractivity contribution in [2.75, 3.05) is 0 Å². The highest BCUT2D eigenvalue weighted by molar-refractivity contribution is 5.64. The first-order chi connectivity index (χ1) is 6.61. The van der Waals surface area contributed by atoms with Crippen molar-refractivity contribution in [3.63, 3.8) is 0 Å². The lowest BCUT2D eigenvalue weighted by Gasteiger charge is -2.00. The molecule has 0 saturated heterocycles. The highest BCUT2D eigenvalue weighted by atomic mass is 19.1. The Labute approximate surface area is 81.7 Å². The Morgan fingerprint density at radius 3 is 2.93 bits per heavy atom. The third kappa shape index (κ3) is 1.13. The Morgan fingerprint density at radius 2 is 2.29 bits per heavy atom. The number of pyridine rings is 1. The van der Waals surface area contributed by atoms with Gasteiger partial charge >= 0.3 is 0 Å². The number of nitrogens with zero attached hydrogens (tertiary/aromatic N) is 2. The normalized spacial score (nSPS) is 10.8. The molecule has 0 fully saturated rings. The van der Waals surface area contributed by atoms with Crippen LogP contribution in [0.25, 0.3) is 11.2 Å². The van der Waals surface area contributed by atoms with Crippen LogP contribution >= 0.6 is 0 Å². The molecule has 0 spiro atoms. The number of allylic oxidation sites excluding steroid dienone is 1. The van der Waals surface area contributed by atoms with E-state index in [0.29, 0.717) is 5.65 Å². The minimum atomic E-state index is -0.303. The van der Waals surface area contributed by atoms with E-state index in [1.807, 2.05) is 13.8 Å². The van der Waals surface area contributed by atoms with Gasteiger partial charge in [-0.1, -0.05) is 6.58 Å². The van der Waals surface area contributed by atoms with E-state index in [1.54, 1.807) is 16.7 Å². The molecular formula is C11H11FN2. The van der Waals surface area contributed by atoms with Crippen molar-refractivity contribution in [3.05, 3.63) is 42.1 Å². The van der Waals surface area contributed by atoms with E-state index in [9.17, 15) is 4.39 Å². The first kappa shape index (κ1) is 8.94. The summed E-state index contributed by atoms with van der Waals surface area (Å²) in [6.07, 6.45) is 1.79. The zero-order valence-corrected chi connectivity index (χ0v) is 8.21. The summed E-state index contributed by atoms with van der Waals surface area (Å²) in [6, 6.07) is 3.07. The van der Waals surface area contributed by atoms with Crippen LogP contribution in [0.4, 0.5) is 4.39 Å². The van der Waals surface area contributed by atoms with Gasteiger partial charge in [0.1, 0.15) is 0 Å². The molecule has 0 aromatic carbocycles. The SMILES string of the molecule is C=C(C)c1c(C)nc2c(F)cccn12. The van der Waals surface area contributed by atoms with Crippen LogP contribution in [-0.2, 0) is 0 Å². The van der Waals surface area contributed by atoms with E-state index in [1.165, 1.54) is 6.07 Å². The molecule has 2 heterocycles. The second kappa shape index (κ2) is 2.94. The maximum Gasteiger partial charge on any atom is 0.173 e. The summed E-state index contributed by atoms with van der Waals surface area (Å²) in [5, 5.41) is 0. The van der Waals surface area contributed by atoms with E-state index in [4.69, 9.17) is 0 Å². The molecule has 72 valence electrons. The van der Waals surface area contributed by atoms with Crippen molar-refractivity contribution in [1.82, 2.24) is 9.38 Å². The Balaban J connectivity index is 2.90. The molecule has 0 aliphatic rings. The van der Waals surface area contributed by atoms with Gasteiger partial charge in [-0.2, -0.15) is 0 Å². The highest BCUT2D eigenvalue weighted by Crippen LogP contribution is 2.20. The smallest absolute Gasteiger partial charge is 0.173 e. The average molecular weight is 190 g/mol. The minimum Gasteiger partial charge on any atom is -0.297 e. The van der Waals surface area contributed by atoms with Crippen LogP contribution in [0.5, 0.6) is 0 Å². The van der Waals surface area contributed by atoms with E-state index in [0.717, 1.165) is 17.0 Å². The van der Waals surface area contributed by atoms with Crippen molar-refractivity contribution >= 4 is 11.2 Å². The largest absolute Gasteiger partial charge is 0.297 e. The lowest BCUT2D eigenvalue weighted by Crippen LogP contribution is -1.91. The third-order valence-electron chi connectivity index (χ3n) is 2.18. The molecule has 0 amide bonds. The summed E-state index contributed by atoms with van der Waals surface area (Å²) in [5.41, 5.74) is 2.95. The Morgan fingerprint density at radius 1 is 1.57 bits per heavy atom. The molecule has 0 radical (unpaired) electrons. The number of halogens is 1. The number of rotatable bonds is 1. The molecule has 0 aliphatic heterocycles. The molecule has 0 aliphatic carbocycles. The van der Waals surface area contributed by atoms with Crippen LogP contribution in [0.2, 0.25) is 0 Å². The van der Waals surface area contributed by atoms with Crippen LogP contribution in [-0.4, -0.2) is 9.38 Å². The van der Waals surface area contributed by atoms with Crippen molar-refractivity contribution in [2.24, 2.45) is 0 Å². The van der Waals surface area contributed by atoms with Gasteiger partial charge in [-0.3, -0.25) is 4.40 Å². The molecule has 14 heavy (non-hydrogen) atoms. The summed E-state index contributed by atoms with van der Waals surface area (Å²) in [7, 11) is 0. The van der Waals surface area contributed by atoms with Gasteiger partial charge in [0.05, 0.1) is 11.4 Å². The van der Waals surface area contributed by atoms with Crippen molar-refractivity contribution in [3.8, 4) is 0 Å². The first-order valence-corrected chi connectivity index (χ1v) is 4.40. The van der Waals surface area contributed by atoms with E-state index < -0.39 is 0 Å². The summed E-state index contributed by atoms with van der Waals surface area (Å²) in [6.45, 7) is 7.60. The van der Waals surface area contributed by atoms with Gasteiger partial charge in [-0.25, -0.2) is 9.37 Å². The van der Waals surface area contributed by atoms with E-state index in [2.05, 4.69) is 11.6 Å². The minimum absolute atomic E-state index is 0.303. The van der Waals surface area contributed by atoms with Gasteiger partial charge in [0.2, 0.25) is 0 Å². The molecule has 2 nitrogen and oxygen atoms in total. The standard InChI is InChI=1S/C11H11FN2/c1-7(2)10-8(3)13-11-9(12)5-4-6-14(10)11/h4-6H,1H2,2-3H3. The van der Waals surface area contributed by atoms with Crippen LogP contribution in [0.1, 0.15) is 18.3 Å². The second-order valence-electron chi connectivity index (χ2n) is 3.38. The number of imidazole rings is 1. The maximum absolute atomic E-state index is 13.3. The molecule has 2 aromatic heterocycles. The number of aromatic nitrogens is 2. The fraction of sp³-hybridized carbons (Fsp3) is 0.182. The monoisotopic (exact) mass is 190 g/mol. The topological polar surface area (TPSA) is 17.3 Å². The maximum atomic E-state index is 13.3. The van der Waals surface area contributed by atoms with Crippen LogP contribution in [0, 0.1) is 12.7 Å². The molecule has 0 unspecified atom stereocenters. The number of hydrogen-bond acceptors (Lipinski definition) is 1. The van der Waals surface area contributed by atoms with Crippen LogP contribution in [0.3, 0.4) is 0 Å². The average Bonchev–Trinajstić information content (AvgIpc) is 2.42. The lowest BCUT2D eigenvalue weighted by molar-refractivity contribution is 0.629. The molecule has 3 heteroatoms. The zero-order chi connectivity index (χ0) is 10.3. The van der Waals surface area contributed by atoms with Crippen LogP contribution < -0.4 is 0 Å². The molecular weight excluding hydrogens is 179 g/mol. The number of fused-ring (bicyclic) bond motifs is 1.